The lowest BCUT2D eigenvalue weighted by Gasteiger charge is -2.25. The number of fused-ring (bicyclic) bond motifs is 3. The van der Waals surface area contributed by atoms with Gasteiger partial charge in [-0.1, -0.05) is 54.6 Å². The number of amides is 3. The number of carboxylic acid groups (broad SMARTS) is 1. The van der Waals surface area contributed by atoms with Crippen LogP contribution in [0.25, 0.3) is 32.7 Å². The zero-order chi connectivity index (χ0) is 34.6. The van der Waals surface area contributed by atoms with Crippen LogP contribution in [0.2, 0.25) is 0 Å². The number of rotatable bonds is 13. The summed E-state index contributed by atoms with van der Waals surface area (Å²) >= 11 is 0. The number of para-hydroxylation sites is 3. The van der Waals surface area contributed by atoms with Crippen LogP contribution in [-0.2, 0) is 38.4 Å². The van der Waals surface area contributed by atoms with E-state index >= 15 is 0 Å². The van der Waals surface area contributed by atoms with E-state index < -0.39 is 42.0 Å². The molecule has 4 atom stereocenters. The van der Waals surface area contributed by atoms with Crippen LogP contribution in [-0.4, -0.2) is 74.5 Å². The summed E-state index contributed by atoms with van der Waals surface area (Å²) in [5.41, 5.74) is 4.98. The summed E-state index contributed by atoms with van der Waals surface area (Å²) in [6.07, 6.45) is 7.16. The predicted molar refractivity (Wildman–Crippen MR) is 190 cm³/mol. The minimum atomic E-state index is -1.26. The van der Waals surface area contributed by atoms with Crippen molar-refractivity contribution in [1.29, 1.82) is 0 Å². The van der Waals surface area contributed by atoms with Gasteiger partial charge < -0.3 is 41.3 Å². The normalized spacial score (nSPS) is 16.3. The topological polar surface area (TPSA) is 184 Å². The molecule has 12 nitrogen and oxygen atoms in total. The highest BCUT2D eigenvalue weighted by Crippen LogP contribution is 2.22. The molecular weight excluding hydrogens is 634 g/mol. The largest absolute Gasteiger partial charge is 0.480 e. The predicted octanol–water partition coefficient (Wildman–Crippen LogP) is 3.45. The van der Waals surface area contributed by atoms with Gasteiger partial charge in [-0.2, -0.15) is 0 Å². The van der Waals surface area contributed by atoms with Gasteiger partial charge in [0.05, 0.1) is 6.04 Å². The second-order valence-electron chi connectivity index (χ2n) is 12.9. The van der Waals surface area contributed by atoms with Gasteiger partial charge in [-0.15, -0.1) is 0 Å². The molecule has 4 heterocycles. The number of hydrogen-bond acceptors (Lipinski definition) is 5. The summed E-state index contributed by atoms with van der Waals surface area (Å²) in [4.78, 5) is 63.7. The number of aromatic amines is 3. The number of hydrogen-bond donors (Lipinski definition) is 8. The molecule has 0 saturated carbocycles. The number of H-pyrrole nitrogens is 3. The summed E-state index contributed by atoms with van der Waals surface area (Å²) < 4.78 is 0. The molecule has 0 bridgehead atoms. The van der Waals surface area contributed by atoms with Crippen LogP contribution in [0.5, 0.6) is 0 Å². The van der Waals surface area contributed by atoms with Gasteiger partial charge in [0.25, 0.3) is 0 Å². The summed E-state index contributed by atoms with van der Waals surface area (Å²) in [6.45, 7) is 0.716. The Bertz CT molecular complexity index is 2180. The monoisotopic (exact) mass is 673 g/mol. The smallest absolute Gasteiger partial charge is 0.326 e. The Morgan fingerprint density at radius 2 is 1.04 bits per heavy atom. The summed E-state index contributed by atoms with van der Waals surface area (Å²) in [5, 5.41) is 24.6. The molecular formula is C38H39N7O5. The van der Waals surface area contributed by atoms with Gasteiger partial charge in [-0.25, -0.2) is 4.79 Å². The van der Waals surface area contributed by atoms with Crippen molar-refractivity contribution in [2.45, 2.75) is 56.3 Å². The Morgan fingerprint density at radius 1 is 0.620 bits per heavy atom. The Kier molecular flexibility index (Phi) is 9.35. The molecule has 12 heteroatoms. The van der Waals surface area contributed by atoms with Gasteiger partial charge in [0.15, 0.2) is 0 Å². The molecule has 6 aromatic rings. The van der Waals surface area contributed by atoms with Gasteiger partial charge >= 0.3 is 5.97 Å². The van der Waals surface area contributed by atoms with Gasteiger partial charge in [0, 0.05) is 70.6 Å². The number of carbonyl (C=O) groups excluding carboxylic acids is 3. The van der Waals surface area contributed by atoms with Crippen molar-refractivity contribution in [1.82, 2.24) is 36.2 Å². The maximum absolute atomic E-state index is 14.2. The molecule has 3 aromatic carbocycles. The molecule has 0 spiro atoms. The third kappa shape index (κ3) is 6.96. The molecule has 0 radical (unpaired) electrons. The fraction of sp³-hybridized carbons (Fsp3) is 0.263. The van der Waals surface area contributed by atoms with Gasteiger partial charge in [0.1, 0.15) is 18.1 Å². The highest BCUT2D eigenvalue weighted by molar-refractivity contribution is 5.96. The van der Waals surface area contributed by atoms with E-state index in [9.17, 15) is 24.3 Å². The van der Waals surface area contributed by atoms with Crippen molar-refractivity contribution in [2.24, 2.45) is 0 Å². The standard InChI is InChI=1S/C38H39N7O5/c46-35(31-14-7-15-39-31)43-32(16-22-19-40-28-11-4-1-8-25(22)28)36(47)44-33(17-23-20-41-29-12-5-2-9-26(23)29)37(48)45-34(38(49)50)18-24-21-42-30-13-6-3-10-27(24)30/h1-6,8-13,19-21,31-34,39-42H,7,14-18H2,(H,43,46)(H,44,47)(H,45,48)(H,49,50). The molecule has 3 amide bonds. The van der Waals surface area contributed by atoms with Crippen molar-refractivity contribution in [3.05, 3.63) is 108 Å². The zero-order valence-corrected chi connectivity index (χ0v) is 27.3. The third-order valence-corrected chi connectivity index (χ3v) is 9.55. The molecule has 4 unspecified atom stereocenters. The quantitative estimate of drug-likeness (QED) is 0.0929. The third-order valence-electron chi connectivity index (χ3n) is 9.55. The molecule has 8 N–H and O–H groups in total. The highest BCUT2D eigenvalue weighted by Gasteiger charge is 2.33. The number of aliphatic carboxylic acids is 1. The molecule has 1 saturated heterocycles. The number of aromatic nitrogens is 3. The second-order valence-corrected chi connectivity index (χ2v) is 12.9. The van der Waals surface area contributed by atoms with Crippen LogP contribution in [0.3, 0.4) is 0 Å². The fourth-order valence-corrected chi connectivity index (χ4v) is 6.91. The van der Waals surface area contributed by atoms with Crippen LogP contribution in [0.4, 0.5) is 0 Å². The van der Waals surface area contributed by atoms with Crippen LogP contribution < -0.4 is 21.3 Å². The average molecular weight is 674 g/mol. The molecule has 1 fully saturated rings. The highest BCUT2D eigenvalue weighted by atomic mass is 16.4. The molecule has 0 aliphatic carbocycles. The van der Waals surface area contributed by atoms with E-state index in [1.54, 1.807) is 12.4 Å². The van der Waals surface area contributed by atoms with Crippen LogP contribution in [0, 0.1) is 0 Å². The molecule has 1 aliphatic heterocycles. The maximum Gasteiger partial charge on any atom is 0.326 e. The van der Waals surface area contributed by atoms with E-state index in [0.717, 1.165) is 55.8 Å². The Labute approximate surface area is 287 Å². The minimum absolute atomic E-state index is 0.0342. The summed E-state index contributed by atoms with van der Waals surface area (Å²) in [7, 11) is 0. The molecule has 3 aromatic heterocycles. The van der Waals surface area contributed by atoms with Crippen molar-refractivity contribution in [3.8, 4) is 0 Å². The van der Waals surface area contributed by atoms with Crippen molar-refractivity contribution in [2.75, 3.05) is 6.54 Å². The molecule has 50 heavy (non-hydrogen) atoms. The average Bonchev–Trinajstić information content (AvgIpc) is 3.95. The molecule has 7 rings (SSSR count). The Morgan fingerprint density at radius 3 is 1.48 bits per heavy atom. The number of benzene rings is 3. The van der Waals surface area contributed by atoms with Crippen LogP contribution in [0.1, 0.15) is 29.5 Å². The van der Waals surface area contributed by atoms with Gasteiger partial charge in [-0.05, 0) is 54.3 Å². The second kappa shape index (κ2) is 14.3. The first-order chi connectivity index (χ1) is 24.3. The molecule has 1 aliphatic rings. The summed E-state index contributed by atoms with van der Waals surface area (Å²) in [5.74, 6) is -2.69. The Balaban J connectivity index is 1.17. The first-order valence-electron chi connectivity index (χ1n) is 16.9. The van der Waals surface area contributed by atoms with E-state index in [0.29, 0.717) is 13.0 Å². The van der Waals surface area contributed by atoms with E-state index in [2.05, 4.69) is 36.2 Å². The van der Waals surface area contributed by atoms with E-state index in [-0.39, 0.29) is 25.2 Å². The minimum Gasteiger partial charge on any atom is -0.480 e. The lowest BCUT2D eigenvalue weighted by molar-refractivity contribution is -0.142. The maximum atomic E-state index is 14.2. The lowest BCUT2D eigenvalue weighted by Crippen LogP contribution is -2.58. The number of carboxylic acids is 1. The first-order valence-corrected chi connectivity index (χ1v) is 16.9. The van der Waals surface area contributed by atoms with Gasteiger partial charge in [-0.3, -0.25) is 14.4 Å². The Hall–Kier alpha value is -5.88. The fourth-order valence-electron chi connectivity index (χ4n) is 6.91. The van der Waals surface area contributed by atoms with Crippen molar-refractivity contribution in [3.63, 3.8) is 0 Å². The SMILES string of the molecule is O=C(O)C(Cc1c[nH]c2ccccc12)NC(=O)C(Cc1c[nH]c2ccccc12)NC(=O)C(Cc1c[nH]c2ccccc12)NC(=O)C1CCCN1. The van der Waals surface area contributed by atoms with Gasteiger partial charge in [0.2, 0.25) is 17.7 Å². The number of carbonyl (C=O) groups is 4. The lowest BCUT2D eigenvalue weighted by atomic mass is 10.0. The van der Waals surface area contributed by atoms with Crippen LogP contribution >= 0.6 is 0 Å². The van der Waals surface area contributed by atoms with Crippen molar-refractivity contribution >= 4 is 56.4 Å². The van der Waals surface area contributed by atoms with E-state index in [1.165, 1.54) is 0 Å². The van der Waals surface area contributed by atoms with Crippen molar-refractivity contribution < 1.29 is 24.3 Å². The summed E-state index contributed by atoms with van der Waals surface area (Å²) in [6, 6.07) is 19.0. The first kappa shape index (κ1) is 32.7. The van der Waals surface area contributed by atoms with E-state index in [1.807, 2.05) is 79.0 Å². The van der Waals surface area contributed by atoms with E-state index in [4.69, 9.17) is 0 Å². The van der Waals surface area contributed by atoms with Crippen LogP contribution in [0.15, 0.2) is 91.4 Å². The zero-order valence-electron chi connectivity index (χ0n) is 27.3. The molecule has 256 valence electrons. The number of nitrogens with one attached hydrogen (secondary N) is 7.